The zero-order valence-corrected chi connectivity index (χ0v) is 11.2. The van der Waals surface area contributed by atoms with Gasteiger partial charge in [0.05, 0.1) is 11.3 Å². The summed E-state index contributed by atoms with van der Waals surface area (Å²) in [7, 11) is 0. The zero-order valence-electron chi connectivity index (χ0n) is 9.58. The van der Waals surface area contributed by atoms with Gasteiger partial charge in [-0.2, -0.15) is 0 Å². The topological polar surface area (TPSA) is 37.4 Å². The summed E-state index contributed by atoms with van der Waals surface area (Å²) >= 11 is 3.42. The number of carbonyl (C=O) groups is 2. The van der Waals surface area contributed by atoms with E-state index in [9.17, 15) is 14.0 Å². The molecule has 0 saturated heterocycles. The Bertz CT molecular complexity index is 554. The fourth-order valence-electron chi connectivity index (χ4n) is 2.31. The maximum Gasteiger partial charge on any atom is 0.299 e. The number of alkyl halides is 1. The van der Waals surface area contributed by atoms with Crippen molar-refractivity contribution in [3.63, 3.8) is 0 Å². The van der Waals surface area contributed by atoms with Gasteiger partial charge in [-0.1, -0.05) is 22.0 Å². The molecule has 3 rings (SSSR count). The quantitative estimate of drug-likeness (QED) is 0.635. The number of ketones is 1. The molecule has 1 aliphatic heterocycles. The number of benzene rings is 1. The minimum Gasteiger partial charge on any atom is -0.301 e. The highest BCUT2D eigenvalue weighted by molar-refractivity contribution is 9.09. The highest BCUT2D eigenvalue weighted by atomic mass is 79.9. The first-order valence-corrected chi connectivity index (χ1v) is 6.91. The van der Waals surface area contributed by atoms with Gasteiger partial charge in [-0.05, 0) is 30.4 Å². The second-order valence-corrected chi connectivity index (χ2v) is 5.55. The number of hydrogen-bond acceptors (Lipinski definition) is 2. The average molecular weight is 312 g/mol. The number of rotatable bonds is 3. The predicted octanol–water partition coefficient (Wildman–Crippen LogP) is 2.53. The van der Waals surface area contributed by atoms with E-state index in [1.54, 1.807) is 0 Å². The lowest BCUT2D eigenvalue weighted by Gasteiger charge is -2.22. The summed E-state index contributed by atoms with van der Waals surface area (Å²) in [6.07, 6.45) is 2.00. The van der Waals surface area contributed by atoms with E-state index in [-0.39, 0.29) is 16.7 Å². The summed E-state index contributed by atoms with van der Waals surface area (Å²) in [5.74, 6) is -1.71. The van der Waals surface area contributed by atoms with Crippen molar-refractivity contribution in [2.24, 2.45) is 5.41 Å². The normalized spacial score (nSPS) is 20.2. The Hall–Kier alpha value is -1.23. The molecule has 5 heteroatoms. The standard InChI is InChI=1S/C13H11BrFNO2/c14-6-13(4-5-13)7-16-10-8(11(17)12(16)18)2-1-3-9(10)15/h1-3H,4-7H2. The Morgan fingerprint density at radius 2 is 2.06 bits per heavy atom. The molecule has 1 amide bonds. The second kappa shape index (κ2) is 3.88. The number of para-hydroxylation sites is 1. The first-order valence-electron chi connectivity index (χ1n) is 5.79. The highest BCUT2D eigenvalue weighted by Crippen LogP contribution is 2.49. The van der Waals surface area contributed by atoms with Crippen LogP contribution in [0.3, 0.4) is 0 Å². The predicted molar refractivity (Wildman–Crippen MR) is 68.5 cm³/mol. The molecule has 1 saturated carbocycles. The molecule has 3 nitrogen and oxygen atoms in total. The monoisotopic (exact) mass is 311 g/mol. The van der Waals surface area contributed by atoms with Crippen molar-refractivity contribution in [3.8, 4) is 0 Å². The van der Waals surface area contributed by atoms with Crippen molar-refractivity contribution < 1.29 is 14.0 Å². The lowest BCUT2D eigenvalue weighted by Crippen LogP contribution is -2.36. The van der Waals surface area contributed by atoms with Crippen LogP contribution in [0.5, 0.6) is 0 Å². The lowest BCUT2D eigenvalue weighted by molar-refractivity contribution is -0.114. The van der Waals surface area contributed by atoms with E-state index in [0.717, 1.165) is 18.2 Å². The number of halogens is 2. The van der Waals surface area contributed by atoms with Gasteiger partial charge < -0.3 is 4.90 Å². The fraction of sp³-hybridized carbons (Fsp3) is 0.385. The van der Waals surface area contributed by atoms with Gasteiger partial charge in [0.1, 0.15) is 5.82 Å². The summed E-state index contributed by atoms with van der Waals surface area (Å²) in [5.41, 5.74) is 0.352. The van der Waals surface area contributed by atoms with Crippen molar-refractivity contribution in [2.75, 3.05) is 16.8 Å². The molecule has 1 heterocycles. The van der Waals surface area contributed by atoms with Crippen LogP contribution in [0.15, 0.2) is 18.2 Å². The molecule has 1 aromatic carbocycles. The number of amides is 1. The number of nitrogens with zero attached hydrogens (tertiary/aromatic N) is 1. The fourth-order valence-corrected chi connectivity index (χ4v) is 3.05. The molecule has 0 aromatic heterocycles. The first kappa shape index (κ1) is 11.8. The Morgan fingerprint density at radius 3 is 2.67 bits per heavy atom. The zero-order chi connectivity index (χ0) is 12.9. The minimum absolute atomic E-state index is 0.0137. The van der Waals surface area contributed by atoms with Crippen LogP contribution in [0.25, 0.3) is 0 Å². The van der Waals surface area contributed by atoms with Gasteiger partial charge in [-0.15, -0.1) is 0 Å². The molecule has 0 N–H and O–H groups in total. The van der Waals surface area contributed by atoms with Crippen LogP contribution in [0, 0.1) is 11.2 Å². The van der Waals surface area contributed by atoms with E-state index >= 15 is 0 Å². The molecule has 0 unspecified atom stereocenters. The summed E-state index contributed by atoms with van der Waals surface area (Å²) in [5, 5.41) is 0.766. The molecular formula is C13H11BrFNO2. The van der Waals surface area contributed by atoms with E-state index in [4.69, 9.17) is 0 Å². The van der Waals surface area contributed by atoms with Gasteiger partial charge in [-0.3, -0.25) is 9.59 Å². The molecular weight excluding hydrogens is 301 g/mol. The molecule has 18 heavy (non-hydrogen) atoms. The third-order valence-electron chi connectivity index (χ3n) is 3.67. The number of Topliss-reactive ketones (excluding diaryl/α,β-unsaturated/α-hetero) is 1. The van der Waals surface area contributed by atoms with Crippen LogP contribution in [-0.2, 0) is 4.79 Å². The van der Waals surface area contributed by atoms with E-state index < -0.39 is 17.5 Å². The van der Waals surface area contributed by atoms with Gasteiger partial charge in [-0.25, -0.2) is 4.39 Å². The third kappa shape index (κ3) is 1.61. The van der Waals surface area contributed by atoms with Crippen LogP contribution in [0.2, 0.25) is 0 Å². The molecule has 2 aliphatic rings. The van der Waals surface area contributed by atoms with Gasteiger partial charge in [0, 0.05) is 11.9 Å². The third-order valence-corrected chi connectivity index (χ3v) is 4.86. The number of anilines is 1. The SMILES string of the molecule is O=C1C(=O)N(CC2(CBr)CC2)c2c(F)cccc21. The average Bonchev–Trinajstić information content (AvgIpc) is 3.10. The molecule has 94 valence electrons. The van der Waals surface area contributed by atoms with E-state index in [0.29, 0.717) is 6.54 Å². The Labute approximate surface area is 112 Å². The summed E-state index contributed by atoms with van der Waals surface area (Å²) in [6.45, 7) is 0.413. The second-order valence-electron chi connectivity index (χ2n) is 4.99. The van der Waals surface area contributed by atoms with Crippen molar-refractivity contribution in [1.82, 2.24) is 0 Å². The van der Waals surface area contributed by atoms with Gasteiger partial charge in [0.25, 0.3) is 11.7 Å². The van der Waals surface area contributed by atoms with E-state index in [1.165, 1.54) is 23.1 Å². The molecule has 1 fully saturated rings. The molecule has 0 spiro atoms. The van der Waals surface area contributed by atoms with E-state index in [2.05, 4.69) is 15.9 Å². The maximum absolute atomic E-state index is 13.8. The Kier molecular flexibility index (Phi) is 2.55. The largest absolute Gasteiger partial charge is 0.301 e. The number of carbonyl (C=O) groups excluding carboxylic acids is 2. The van der Waals surface area contributed by atoms with Crippen LogP contribution in [0.1, 0.15) is 23.2 Å². The Balaban J connectivity index is 2.02. The van der Waals surface area contributed by atoms with Gasteiger partial charge >= 0.3 is 0 Å². The van der Waals surface area contributed by atoms with Crippen molar-refractivity contribution in [2.45, 2.75) is 12.8 Å². The first-order chi connectivity index (χ1) is 8.58. The maximum atomic E-state index is 13.8. The van der Waals surface area contributed by atoms with Gasteiger partial charge in [0.15, 0.2) is 0 Å². The smallest absolute Gasteiger partial charge is 0.299 e. The van der Waals surface area contributed by atoms with Crippen LogP contribution in [0.4, 0.5) is 10.1 Å². The van der Waals surface area contributed by atoms with Gasteiger partial charge in [0.2, 0.25) is 0 Å². The van der Waals surface area contributed by atoms with Crippen molar-refractivity contribution >= 4 is 33.3 Å². The summed E-state index contributed by atoms with van der Waals surface area (Å²) in [6, 6.07) is 4.25. The summed E-state index contributed by atoms with van der Waals surface area (Å²) < 4.78 is 13.8. The summed E-state index contributed by atoms with van der Waals surface area (Å²) in [4.78, 5) is 25.0. The molecule has 1 aromatic rings. The lowest BCUT2D eigenvalue weighted by atomic mass is 10.1. The van der Waals surface area contributed by atoms with E-state index in [1.807, 2.05) is 0 Å². The molecule has 0 atom stereocenters. The molecule has 1 aliphatic carbocycles. The Morgan fingerprint density at radius 1 is 1.33 bits per heavy atom. The molecule has 0 radical (unpaired) electrons. The highest BCUT2D eigenvalue weighted by Gasteiger charge is 2.48. The van der Waals surface area contributed by atoms with Crippen LogP contribution < -0.4 is 4.90 Å². The minimum atomic E-state index is -0.609. The van der Waals surface area contributed by atoms with Crippen LogP contribution >= 0.6 is 15.9 Å². The van der Waals surface area contributed by atoms with Crippen molar-refractivity contribution in [1.29, 1.82) is 0 Å². The van der Waals surface area contributed by atoms with Crippen LogP contribution in [-0.4, -0.2) is 23.6 Å². The van der Waals surface area contributed by atoms with Crippen molar-refractivity contribution in [3.05, 3.63) is 29.6 Å². The number of hydrogen-bond donors (Lipinski definition) is 0. The molecule has 0 bridgehead atoms. The number of fused-ring (bicyclic) bond motifs is 1.